The third-order valence-corrected chi connectivity index (χ3v) is 4.08. The van der Waals surface area contributed by atoms with Gasteiger partial charge in [0.2, 0.25) is 0 Å². The van der Waals surface area contributed by atoms with Crippen LogP contribution in [0.2, 0.25) is 0 Å². The molecule has 2 rings (SSSR count). The molecule has 0 aliphatic rings. The Kier molecular flexibility index (Phi) is 3.58. The van der Waals surface area contributed by atoms with Gasteiger partial charge in [0.05, 0.1) is 11.1 Å². The van der Waals surface area contributed by atoms with Gasteiger partial charge in [0, 0.05) is 19.0 Å². The normalized spacial score (nSPS) is 11.4. The van der Waals surface area contributed by atoms with Crippen LogP contribution in [-0.4, -0.2) is 18.2 Å². The van der Waals surface area contributed by atoms with Crippen LogP contribution in [0.15, 0.2) is 41.4 Å². The second-order valence-corrected chi connectivity index (χ2v) is 5.68. The minimum Gasteiger partial charge on any atom is -0.264 e. The zero-order valence-electron chi connectivity index (χ0n) is 9.67. The molecule has 0 saturated heterocycles. The first-order valence-corrected chi connectivity index (χ1v) is 7.20. The molecule has 0 radical (unpaired) electrons. The lowest BCUT2D eigenvalue weighted by atomic mass is 10.2. The van der Waals surface area contributed by atoms with Crippen LogP contribution in [0.25, 0.3) is 0 Å². The summed E-state index contributed by atoms with van der Waals surface area (Å²) in [6.07, 6.45) is 1.52. The number of benzene rings is 1. The van der Waals surface area contributed by atoms with E-state index in [-0.39, 0.29) is 10.8 Å². The highest BCUT2D eigenvalue weighted by atomic mass is 35.5. The van der Waals surface area contributed by atoms with Crippen LogP contribution >= 0.6 is 11.6 Å². The third kappa shape index (κ3) is 2.65. The Balaban J connectivity index is 2.33. The number of nitrogens with zero attached hydrogens (tertiary/aromatic N) is 2. The molecule has 0 aliphatic heterocycles. The van der Waals surface area contributed by atoms with Gasteiger partial charge in [-0.3, -0.25) is 9.40 Å². The van der Waals surface area contributed by atoms with Crippen molar-refractivity contribution in [2.24, 2.45) is 7.05 Å². The average Bonchev–Trinajstić information content (AvgIpc) is 2.74. The summed E-state index contributed by atoms with van der Waals surface area (Å²) in [6.45, 7) is 0. The predicted octanol–water partition coefficient (Wildman–Crippen LogP) is 1.96. The van der Waals surface area contributed by atoms with E-state index in [9.17, 15) is 8.42 Å². The van der Waals surface area contributed by atoms with Gasteiger partial charge in [-0.2, -0.15) is 5.10 Å². The van der Waals surface area contributed by atoms with Gasteiger partial charge in [-0.1, -0.05) is 12.1 Å². The van der Waals surface area contributed by atoms with Gasteiger partial charge < -0.3 is 0 Å². The first-order chi connectivity index (χ1) is 8.53. The van der Waals surface area contributed by atoms with Gasteiger partial charge in [-0.15, -0.1) is 11.6 Å². The SMILES string of the molecule is Cn1nccc1NS(=O)(=O)c1cccc(CCl)c1. The molecule has 7 heteroatoms. The van der Waals surface area contributed by atoms with Gasteiger partial charge >= 0.3 is 0 Å². The molecule has 0 spiro atoms. The fourth-order valence-electron chi connectivity index (χ4n) is 1.47. The fraction of sp³-hybridized carbons (Fsp3) is 0.182. The highest BCUT2D eigenvalue weighted by Crippen LogP contribution is 2.17. The van der Waals surface area contributed by atoms with Crippen LogP contribution in [0.1, 0.15) is 5.56 Å². The van der Waals surface area contributed by atoms with Gasteiger partial charge in [0.15, 0.2) is 0 Å². The Bertz CT molecular complexity index is 652. The molecule has 0 amide bonds. The number of halogens is 1. The minimum absolute atomic E-state index is 0.182. The van der Waals surface area contributed by atoms with E-state index in [0.29, 0.717) is 5.82 Å². The van der Waals surface area contributed by atoms with Crippen molar-refractivity contribution in [2.45, 2.75) is 10.8 Å². The summed E-state index contributed by atoms with van der Waals surface area (Å²) in [7, 11) is -1.95. The van der Waals surface area contributed by atoms with Crippen LogP contribution in [-0.2, 0) is 23.0 Å². The lowest BCUT2D eigenvalue weighted by Crippen LogP contribution is -2.15. The fourth-order valence-corrected chi connectivity index (χ4v) is 2.79. The molecule has 1 aromatic carbocycles. The number of anilines is 1. The molecule has 0 aliphatic carbocycles. The Morgan fingerprint density at radius 2 is 2.17 bits per heavy atom. The van der Waals surface area contributed by atoms with Crippen molar-refractivity contribution in [3.8, 4) is 0 Å². The summed E-state index contributed by atoms with van der Waals surface area (Å²) >= 11 is 5.69. The van der Waals surface area contributed by atoms with Crippen molar-refractivity contribution in [1.82, 2.24) is 9.78 Å². The maximum absolute atomic E-state index is 12.1. The van der Waals surface area contributed by atoms with Crippen LogP contribution in [0.3, 0.4) is 0 Å². The highest BCUT2D eigenvalue weighted by molar-refractivity contribution is 7.92. The zero-order chi connectivity index (χ0) is 13.2. The molecule has 0 unspecified atom stereocenters. The molecule has 1 N–H and O–H groups in total. The summed E-state index contributed by atoms with van der Waals surface area (Å²) < 4.78 is 28.2. The summed E-state index contributed by atoms with van der Waals surface area (Å²) in [5, 5.41) is 3.90. The maximum atomic E-state index is 12.1. The van der Waals surface area contributed by atoms with E-state index in [2.05, 4.69) is 9.82 Å². The molecule has 2 aromatic rings. The van der Waals surface area contributed by atoms with Crippen molar-refractivity contribution >= 4 is 27.4 Å². The number of aromatic nitrogens is 2. The Labute approximate surface area is 110 Å². The number of alkyl halides is 1. The molecule has 18 heavy (non-hydrogen) atoms. The lowest BCUT2D eigenvalue weighted by molar-refractivity contribution is 0.600. The van der Waals surface area contributed by atoms with E-state index in [4.69, 9.17) is 11.6 Å². The summed E-state index contributed by atoms with van der Waals surface area (Å²) in [5.74, 6) is 0.681. The maximum Gasteiger partial charge on any atom is 0.263 e. The summed E-state index contributed by atoms with van der Waals surface area (Å²) in [4.78, 5) is 0.182. The molecule has 0 bridgehead atoms. The van der Waals surface area contributed by atoms with E-state index >= 15 is 0 Å². The number of rotatable bonds is 4. The molecule has 5 nitrogen and oxygen atoms in total. The number of sulfonamides is 1. The first-order valence-electron chi connectivity index (χ1n) is 5.18. The van der Waals surface area contributed by atoms with Crippen molar-refractivity contribution in [1.29, 1.82) is 0 Å². The molecular weight excluding hydrogens is 274 g/mol. The molecule has 0 saturated carbocycles. The van der Waals surface area contributed by atoms with Crippen LogP contribution in [0.5, 0.6) is 0 Å². The molecule has 0 atom stereocenters. The summed E-state index contributed by atoms with van der Waals surface area (Å²) in [5.41, 5.74) is 0.754. The topological polar surface area (TPSA) is 64.0 Å². The molecular formula is C11H12ClN3O2S. The second kappa shape index (κ2) is 4.99. The second-order valence-electron chi connectivity index (χ2n) is 3.73. The predicted molar refractivity (Wildman–Crippen MR) is 70.0 cm³/mol. The lowest BCUT2D eigenvalue weighted by Gasteiger charge is -2.08. The number of hydrogen-bond acceptors (Lipinski definition) is 3. The third-order valence-electron chi connectivity index (χ3n) is 2.42. The Hall–Kier alpha value is -1.53. The van der Waals surface area contributed by atoms with Crippen LogP contribution in [0, 0.1) is 0 Å². The van der Waals surface area contributed by atoms with Gasteiger partial charge in [-0.05, 0) is 17.7 Å². The first kappa shape index (κ1) is 12.9. The molecule has 1 aromatic heterocycles. The Morgan fingerprint density at radius 3 is 2.78 bits per heavy atom. The van der Waals surface area contributed by atoms with Crippen molar-refractivity contribution in [2.75, 3.05) is 4.72 Å². The highest BCUT2D eigenvalue weighted by Gasteiger charge is 2.15. The number of hydrogen-bond donors (Lipinski definition) is 1. The van der Waals surface area contributed by atoms with E-state index in [0.717, 1.165) is 5.56 Å². The number of aryl methyl sites for hydroxylation is 1. The largest absolute Gasteiger partial charge is 0.264 e. The quantitative estimate of drug-likeness (QED) is 0.874. The smallest absolute Gasteiger partial charge is 0.263 e. The Morgan fingerprint density at radius 1 is 1.39 bits per heavy atom. The molecule has 0 fully saturated rings. The average molecular weight is 286 g/mol. The van der Waals surface area contributed by atoms with Crippen LogP contribution < -0.4 is 4.72 Å². The molecule has 1 heterocycles. The monoisotopic (exact) mass is 285 g/mol. The van der Waals surface area contributed by atoms with Crippen molar-refractivity contribution in [3.63, 3.8) is 0 Å². The van der Waals surface area contributed by atoms with Crippen molar-refractivity contribution in [3.05, 3.63) is 42.1 Å². The van der Waals surface area contributed by atoms with Gasteiger partial charge in [-0.25, -0.2) is 8.42 Å². The van der Waals surface area contributed by atoms with E-state index in [1.165, 1.54) is 16.9 Å². The standard InChI is InChI=1S/C11H12ClN3O2S/c1-15-11(5-6-13-15)14-18(16,17)10-4-2-3-9(7-10)8-12/h2-7,14H,8H2,1H3. The minimum atomic E-state index is -3.61. The van der Waals surface area contributed by atoms with E-state index in [1.807, 2.05) is 0 Å². The molecule has 96 valence electrons. The number of nitrogens with one attached hydrogen (secondary N) is 1. The van der Waals surface area contributed by atoms with E-state index in [1.54, 1.807) is 31.3 Å². The summed E-state index contributed by atoms with van der Waals surface area (Å²) in [6, 6.07) is 8.09. The van der Waals surface area contributed by atoms with Crippen molar-refractivity contribution < 1.29 is 8.42 Å². The van der Waals surface area contributed by atoms with E-state index < -0.39 is 10.0 Å². The van der Waals surface area contributed by atoms with Crippen LogP contribution in [0.4, 0.5) is 5.82 Å². The van der Waals surface area contributed by atoms with Gasteiger partial charge in [0.1, 0.15) is 5.82 Å². The zero-order valence-corrected chi connectivity index (χ0v) is 11.2. The van der Waals surface area contributed by atoms with Gasteiger partial charge in [0.25, 0.3) is 10.0 Å².